The Kier molecular flexibility index (Phi) is 3.78. The van der Waals surface area contributed by atoms with Crippen molar-refractivity contribution < 1.29 is 0 Å². The van der Waals surface area contributed by atoms with Crippen LogP contribution in [0.15, 0.2) is 59.2 Å². The molecule has 0 aliphatic heterocycles. The average molecular weight is 366 g/mol. The van der Waals surface area contributed by atoms with Crippen molar-refractivity contribution in [2.75, 3.05) is 0 Å². The predicted octanol–water partition coefficient (Wildman–Crippen LogP) is 5.62. The highest BCUT2D eigenvalue weighted by Crippen LogP contribution is 2.29. The molecule has 0 fully saturated rings. The summed E-state index contributed by atoms with van der Waals surface area (Å²) in [7, 11) is 0. The number of nitrogens with zero attached hydrogens (tertiary/aromatic N) is 1. The Bertz CT molecular complexity index is 808. The molecule has 0 saturated heterocycles. The van der Waals surface area contributed by atoms with Crippen molar-refractivity contribution in [2.24, 2.45) is 0 Å². The van der Waals surface area contributed by atoms with Crippen molar-refractivity contribution in [1.29, 1.82) is 0 Å². The first-order valence-electron chi connectivity index (χ1n) is 5.98. The molecule has 0 aliphatic carbocycles. The van der Waals surface area contributed by atoms with Crippen molar-refractivity contribution in [3.05, 3.63) is 69.0 Å². The van der Waals surface area contributed by atoms with E-state index in [0.29, 0.717) is 9.79 Å². The van der Waals surface area contributed by atoms with E-state index in [1.54, 1.807) is 0 Å². The van der Waals surface area contributed by atoms with Gasteiger partial charge in [-0.2, -0.15) is 0 Å². The number of aromatic nitrogens is 2. The molecule has 0 amide bonds. The fourth-order valence-corrected chi connectivity index (χ4v) is 3.21. The Hall–Kier alpha value is -1.36. The highest BCUT2D eigenvalue weighted by molar-refractivity contribution is 9.10. The van der Waals surface area contributed by atoms with Crippen molar-refractivity contribution in [1.82, 2.24) is 9.55 Å². The topological polar surface area (TPSA) is 20.7 Å². The van der Waals surface area contributed by atoms with E-state index in [4.69, 9.17) is 23.8 Å². The van der Waals surface area contributed by atoms with Gasteiger partial charge in [-0.05, 0) is 46.3 Å². The molecule has 0 unspecified atom stereocenters. The third-order valence-electron chi connectivity index (χ3n) is 3.00. The fourth-order valence-electron chi connectivity index (χ4n) is 2.09. The van der Waals surface area contributed by atoms with Gasteiger partial charge < -0.3 is 4.98 Å². The number of imidazole rings is 1. The average Bonchev–Trinajstić information content (AvgIpc) is 2.82. The van der Waals surface area contributed by atoms with Gasteiger partial charge in [-0.15, -0.1) is 0 Å². The van der Waals surface area contributed by atoms with Gasteiger partial charge in [0.2, 0.25) is 0 Å². The molecule has 5 heteroatoms. The zero-order valence-corrected chi connectivity index (χ0v) is 13.5. The number of hydrogen-bond donors (Lipinski definition) is 1. The highest BCUT2D eigenvalue weighted by atomic mass is 79.9. The van der Waals surface area contributed by atoms with Crippen molar-refractivity contribution >= 4 is 39.7 Å². The summed E-state index contributed by atoms with van der Waals surface area (Å²) in [5, 5.41) is 0.684. The summed E-state index contributed by atoms with van der Waals surface area (Å²) in [5.41, 5.74) is 3.07. The zero-order chi connectivity index (χ0) is 14.1. The van der Waals surface area contributed by atoms with E-state index in [0.717, 1.165) is 21.4 Å². The molecule has 0 bridgehead atoms. The Morgan fingerprint density at radius 3 is 2.55 bits per heavy atom. The Labute approximate surface area is 135 Å². The molecule has 0 aliphatic rings. The van der Waals surface area contributed by atoms with Crippen LogP contribution in [-0.2, 0) is 0 Å². The van der Waals surface area contributed by atoms with Crippen LogP contribution in [0.4, 0.5) is 0 Å². The number of aromatic amines is 1. The molecular weight excluding hydrogens is 356 g/mol. The van der Waals surface area contributed by atoms with Crippen LogP contribution >= 0.6 is 39.7 Å². The van der Waals surface area contributed by atoms with Gasteiger partial charge in [0.15, 0.2) is 4.77 Å². The van der Waals surface area contributed by atoms with Crippen LogP contribution in [-0.4, -0.2) is 9.55 Å². The van der Waals surface area contributed by atoms with E-state index < -0.39 is 0 Å². The molecule has 2 nitrogen and oxygen atoms in total. The molecule has 0 spiro atoms. The van der Waals surface area contributed by atoms with Crippen LogP contribution in [0.25, 0.3) is 16.9 Å². The van der Waals surface area contributed by atoms with Gasteiger partial charge >= 0.3 is 0 Å². The monoisotopic (exact) mass is 364 g/mol. The zero-order valence-electron chi connectivity index (χ0n) is 10.3. The molecule has 20 heavy (non-hydrogen) atoms. The maximum Gasteiger partial charge on any atom is 0.182 e. The van der Waals surface area contributed by atoms with Crippen molar-refractivity contribution in [3.8, 4) is 16.9 Å². The molecule has 2 aromatic carbocycles. The van der Waals surface area contributed by atoms with Crippen LogP contribution in [0.3, 0.4) is 0 Å². The minimum Gasteiger partial charge on any atom is -0.336 e. The second-order valence-corrected chi connectivity index (χ2v) is 5.95. The van der Waals surface area contributed by atoms with Gasteiger partial charge in [-0.1, -0.05) is 41.9 Å². The first-order chi connectivity index (χ1) is 9.66. The van der Waals surface area contributed by atoms with Crippen LogP contribution in [0.5, 0.6) is 0 Å². The lowest BCUT2D eigenvalue weighted by Crippen LogP contribution is -1.98. The smallest absolute Gasteiger partial charge is 0.182 e. The summed E-state index contributed by atoms with van der Waals surface area (Å²) < 4.78 is 3.54. The molecule has 3 rings (SSSR count). The summed E-state index contributed by atoms with van der Waals surface area (Å²) in [6.45, 7) is 0. The van der Waals surface area contributed by atoms with E-state index >= 15 is 0 Å². The van der Waals surface area contributed by atoms with E-state index in [-0.39, 0.29) is 0 Å². The number of H-pyrrole nitrogens is 1. The minimum atomic E-state index is 0.645. The minimum absolute atomic E-state index is 0.645. The Morgan fingerprint density at radius 1 is 1.10 bits per heavy atom. The first kappa shape index (κ1) is 13.6. The molecule has 1 N–H and O–H groups in total. The second-order valence-electron chi connectivity index (χ2n) is 4.28. The third kappa shape index (κ3) is 2.46. The van der Waals surface area contributed by atoms with Gasteiger partial charge in [-0.3, -0.25) is 4.57 Å². The summed E-state index contributed by atoms with van der Waals surface area (Å²) in [6, 6.07) is 15.8. The quantitative estimate of drug-likeness (QED) is 0.585. The van der Waals surface area contributed by atoms with Crippen molar-refractivity contribution in [2.45, 2.75) is 0 Å². The molecular formula is C15H10BrClN2S. The lowest BCUT2D eigenvalue weighted by molar-refractivity contribution is 1.03. The molecule has 1 heterocycles. The fraction of sp³-hybridized carbons (Fsp3) is 0. The summed E-state index contributed by atoms with van der Waals surface area (Å²) >= 11 is 14.9. The maximum atomic E-state index is 6.00. The van der Waals surface area contributed by atoms with E-state index in [1.165, 1.54) is 0 Å². The highest BCUT2D eigenvalue weighted by Gasteiger charge is 2.11. The van der Waals surface area contributed by atoms with Gasteiger partial charge in [-0.25, -0.2) is 0 Å². The molecule has 100 valence electrons. The largest absolute Gasteiger partial charge is 0.336 e. The SMILES string of the molecule is S=c1[nH]cc(-c2ccccc2)n1-c1ccc(Cl)cc1Br. The lowest BCUT2D eigenvalue weighted by atomic mass is 10.1. The maximum absolute atomic E-state index is 6.00. The Balaban J connectivity index is 2.25. The van der Waals surface area contributed by atoms with Crippen LogP contribution in [0.2, 0.25) is 5.02 Å². The lowest BCUT2D eigenvalue weighted by Gasteiger charge is -2.10. The number of nitrogens with one attached hydrogen (secondary N) is 1. The molecule has 3 aromatic rings. The van der Waals surface area contributed by atoms with Gasteiger partial charge in [0, 0.05) is 21.3 Å². The van der Waals surface area contributed by atoms with Gasteiger partial charge in [0.25, 0.3) is 0 Å². The van der Waals surface area contributed by atoms with Crippen LogP contribution in [0, 0.1) is 4.77 Å². The number of halogens is 2. The number of rotatable bonds is 2. The first-order valence-corrected chi connectivity index (χ1v) is 7.56. The second kappa shape index (κ2) is 5.56. The number of benzene rings is 2. The number of hydrogen-bond acceptors (Lipinski definition) is 1. The summed E-state index contributed by atoms with van der Waals surface area (Å²) in [4.78, 5) is 3.10. The van der Waals surface area contributed by atoms with Gasteiger partial charge in [0.1, 0.15) is 0 Å². The van der Waals surface area contributed by atoms with E-state index in [9.17, 15) is 0 Å². The molecule has 1 aromatic heterocycles. The Morgan fingerprint density at radius 2 is 1.85 bits per heavy atom. The van der Waals surface area contributed by atoms with E-state index in [2.05, 4.69) is 33.0 Å². The molecule has 0 radical (unpaired) electrons. The third-order valence-corrected chi connectivity index (χ3v) is 4.17. The van der Waals surface area contributed by atoms with E-state index in [1.807, 2.05) is 47.2 Å². The normalized spacial score (nSPS) is 10.7. The standard InChI is InChI=1S/C15H10BrClN2S/c16-12-8-11(17)6-7-13(12)19-14(9-18-15(19)20)10-4-2-1-3-5-10/h1-9H,(H,18,20). The molecule has 0 atom stereocenters. The van der Waals surface area contributed by atoms with Crippen molar-refractivity contribution in [3.63, 3.8) is 0 Å². The summed E-state index contributed by atoms with van der Waals surface area (Å²) in [6.07, 6.45) is 1.92. The van der Waals surface area contributed by atoms with Gasteiger partial charge in [0.05, 0.1) is 11.4 Å². The van der Waals surface area contributed by atoms with Crippen LogP contribution < -0.4 is 0 Å². The molecule has 0 saturated carbocycles. The summed E-state index contributed by atoms with van der Waals surface area (Å²) in [5.74, 6) is 0. The van der Waals surface area contributed by atoms with Crippen LogP contribution in [0.1, 0.15) is 0 Å². The predicted molar refractivity (Wildman–Crippen MR) is 89.1 cm³/mol.